The van der Waals surface area contributed by atoms with Gasteiger partial charge in [0.1, 0.15) is 18.1 Å². The van der Waals surface area contributed by atoms with E-state index in [0.717, 1.165) is 0 Å². The maximum absolute atomic E-state index is 11.6. The molecule has 1 unspecified atom stereocenters. The van der Waals surface area contributed by atoms with Crippen LogP contribution in [-0.4, -0.2) is 36.1 Å². The third-order valence-electron chi connectivity index (χ3n) is 2.53. The van der Waals surface area contributed by atoms with E-state index in [9.17, 15) is 4.79 Å². The number of anilines is 2. The molecule has 1 atom stereocenters. The molecule has 0 radical (unpaired) electrons. The van der Waals surface area contributed by atoms with Crippen LogP contribution in [0.4, 0.5) is 11.5 Å². The van der Waals surface area contributed by atoms with Crippen LogP contribution in [0.25, 0.3) is 0 Å². The summed E-state index contributed by atoms with van der Waals surface area (Å²) in [6.45, 7) is 1.81. The molecular weight excluding hydrogens is 196 g/mol. The number of methoxy groups -OCH3 is 1. The van der Waals surface area contributed by atoms with Crippen molar-refractivity contribution in [3.63, 3.8) is 0 Å². The van der Waals surface area contributed by atoms with Gasteiger partial charge in [0, 0.05) is 7.05 Å². The van der Waals surface area contributed by atoms with Crippen LogP contribution in [-0.2, 0) is 4.79 Å². The first-order chi connectivity index (χ1) is 7.15. The zero-order valence-electron chi connectivity index (χ0n) is 8.81. The number of rotatable bonds is 1. The highest BCUT2D eigenvalue weighted by molar-refractivity contribution is 6.03. The van der Waals surface area contributed by atoms with Gasteiger partial charge in [-0.1, -0.05) is 0 Å². The van der Waals surface area contributed by atoms with Crippen molar-refractivity contribution in [2.24, 2.45) is 0 Å². The fourth-order valence-corrected chi connectivity index (χ4v) is 1.48. The van der Waals surface area contributed by atoms with Crippen LogP contribution in [0, 0.1) is 0 Å². The number of nitrogens with one attached hydrogen (secondary N) is 1. The predicted octanol–water partition coefficient (Wildman–Crippen LogP) is 0.262. The number of carbonyl (C=O) groups is 1. The molecule has 0 aliphatic carbocycles. The molecule has 0 saturated carbocycles. The summed E-state index contributed by atoms with van der Waals surface area (Å²) < 4.78 is 5.05. The Kier molecular flexibility index (Phi) is 2.18. The molecule has 1 amide bonds. The van der Waals surface area contributed by atoms with Crippen LogP contribution in [0.5, 0.6) is 5.88 Å². The number of amides is 1. The number of nitrogens with zero attached hydrogens (tertiary/aromatic N) is 3. The van der Waals surface area contributed by atoms with E-state index in [1.165, 1.54) is 13.4 Å². The molecule has 6 nitrogen and oxygen atoms in total. The lowest BCUT2D eigenvalue weighted by atomic mass is 10.2. The lowest BCUT2D eigenvalue weighted by Crippen LogP contribution is -2.44. The Hall–Kier alpha value is -1.85. The molecule has 0 bridgehead atoms. The van der Waals surface area contributed by atoms with Crippen LogP contribution in [0.2, 0.25) is 0 Å². The smallest absolute Gasteiger partial charge is 0.247 e. The first kappa shape index (κ1) is 9.70. The van der Waals surface area contributed by atoms with E-state index in [-0.39, 0.29) is 11.9 Å². The molecule has 15 heavy (non-hydrogen) atoms. The van der Waals surface area contributed by atoms with Gasteiger partial charge in [-0.3, -0.25) is 4.79 Å². The molecule has 0 saturated heterocycles. The minimum atomic E-state index is -0.239. The van der Waals surface area contributed by atoms with Gasteiger partial charge < -0.3 is 15.0 Å². The minimum absolute atomic E-state index is 0.0851. The Morgan fingerprint density at radius 3 is 2.93 bits per heavy atom. The zero-order chi connectivity index (χ0) is 11.0. The zero-order valence-corrected chi connectivity index (χ0v) is 8.81. The van der Waals surface area contributed by atoms with Crippen LogP contribution >= 0.6 is 0 Å². The lowest BCUT2D eigenvalue weighted by Gasteiger charge is -2.31. The van der Waals surface area contributed by atoms with E-state index in [1.54, 1.807) is 4.90 Å². The number of hydrogen-bond acceptors (Lipinski definition) is 5. The highest BCUT2D eigenvalue weighted by Gasteiger charge is 2.30. The van der Waals surface area contributed by atoms with Crippen LogP contribution < -0.4 is 15.0 Å². The van der Waals surface area contributed by atoms with Gasteiger partial charge in [-0.05, 0) is 6.92 Å². The van der Waals surface area contributed by atoms with Crippen LogP contribution in [0.15, 0.2) is 6.33 Å². The van der Waals surface area contributed by atoms with Crippen molar-refractivity contribution < 1.29 is 9.53 Å². The third-order valence-corrected chi connectivity index (χ3v) is 2.53. The van der Waals surface area contributed by atoms with Crippen LogP contribution in [0.3, 0.4) is 0 Å². The Balaban J connectivity index is 2.54. The highest BCUT2D eigenvalue weighted by atomic mass is 16.5. The summed E-state index contributed by atoms with van der Waals surface area (Å²) in [7, 11) is 3.32. The highest BCUT2D eigenvalue weighted by Crippen LogP contribution is 2.34. The Morgan fingerprint density at radius 1 is 1.53 bits per heavy atom. The average Bonchev–Trinajstić information content (AvgIpc) is 2.25. The molecule has 0 aromatic carbocycles. The molecular formula is C9H12N4O2. The molecule has 1 N–H and O–H groups in total. The molecule has 1 aromatic heterocycles. The molecule has 80 valence electrons. The molecule has 2 heterocycles. The first-order valence-electron chi connectivity index (χ1n) is 4.58. The molecule has 6 heteroatoms. The van der Waals surface area contributed by atoms with Gasteiger partial charge in [-0.25, -0.2) is 4.98 Å². The largest absolute Gasteiger partial charge is 0.479 e. The number of aromatic nitrogens is 2. The minimum Gasteiger partial charge on any atom is -0.479 e. The normalized spacial score (nSPS) is 19.5. The fraction of sp³-hybridized carbons (Fsp3) is 0.444. The van der Waals surface area contributed by atoms with Gasteiger partial charge >= 0.3 is 0 Å². The van der Waals surface area contributed by atoms with E-state index in [2.05, 4.69) is 15.3 Å². The van der Waals surface area contributed by atoms with Gasteiger partial charge in [0.15, 0.2) is 5.82 Å². The summed E-state index contributed by atoms with van der Waals surface area (Å²) in [6.07, 6.45) is 1.42. The summed E-state index contributed by atoms with van der Waals surface area (Å²) in [5.41, 5.74) is 0.533. The van der Waals surface area contributed by atoms with Crippen molar-refractivity contribution in [1.29, 1.82) is 0 Å². The molecule has 2 rings (SSSR count). The van der Waals surface area contributed by atoms with Gasteiger partial charge in [-0.15, -0.1) is 0 Å². The predicted molar refractivity (Wildman–Crippen MR) is 55.1 cm³/mol. The average molecular weight is 208 g/mol. The topological polar surface area (TPSA) is 67.4 Å². The summed E-state index contributed by atoms with van der Waals surface area (Å²) in [4.78, 5) is 21.4. The van der Waals surface area contributed by atoms with Crippen molar-refractivity contribution >= 4 is 17.4 Å². The lowest BCUT2D eigenvalue weighted by molar-refractivity contribution is -0.117. The van der Waals surface area contributed by atoms with E-state index in [0.29, 0.717) is 17.4 Å². The van der Waals surface area contributed by atoms with Gasteiger partial charge in [0.25, 0.3) is 0 Å². The van der Waals surface area contributed by atoms with E-state index in [1.807, 2.05) is 14.0 Å². The third kappa shape index (κ3) is 1.38. The molecule has 1 aliphatic heterocycles. The Morgan fingerprint density at radius 2 is 2.27 bits per heavy atom. The standard InChI is InChI=1S/C9H12N4O2/c1-5-8(14)12-6-7(13(5)2)10-4-11-9(6)15-3/h4-5H,1-3H3,(H,12,14). The van der Waals surface area contributed by atoms with E-state index < -0.39 is 0 Å². The Bertz CT molecular complexity index is 407. The van der Waals surface area contributed by atoms with Crippen molar-refractivity contribution in [2.75, 3.05) is 24.4 Å². The number of ether oxygens (including phenoxy) is 1. The number of fused-ring (bicyclic) bond motifs is 1. The molecule has 1 aromatic rings. The second kappa shape index (κ2) is 3.38. The number of carbonyl (C=O) groups excluding carboxylic acids is 1. The monoisotopic (exact) mass is 208 g/mol. The van der Waals surface area contributed by atoms with Crippen molar-refractivity contribution in [3.05, 3.63) is 6.33 Å². The maximum Gasteiger partial charge on any atom is 0.247 e. The van der Waals surface area contributed by atoms with Gasteiger partial charge in [-0.2, -0.15) is 4.98 Å². The quantitative estimate of drug-likeness (QED) is 0.717. The van der Waals surface area contributed by atoms with Crippen molar-refractivity contribution in [3.8, 4) is 5.88 Å². The van der Waals surface area contributed by atoms with Gasteiger partial charge in [0.2, 0.25) is 11.8 Å². The van der Waals surface area contributed by atoms with Crippen molar-refractivity contribution in [2.45, 2.75) is 13.0 Å². The summed E-state index contributed by atoms with van der Waals surface area (Å²) >= 11 is 0. The SMILES string of the molecule is COc1ncnc2c1NC(=O)C(C)N2C. The molecule has 0 spiro atoms. The number of likely N-dealkylation sites (N-methyl/N-ethyl adjacent to an activating group) is 1. The summed E-state index contributed by atoms with van der Waals surface area (Å²) in [5.74, 6) is 0.971. The maximum atomic E-state index is 11.6. The van der Waals surface area contributed by atoms with E-state index >= 15 is 0 Å². The van der Waals surface area contributed by atoms with Crippen molar-refractivity contribution in [1.82, 2.24) is 9.97 Å². The van der Waals surface area contributed by atoms with E-state index in [4.69, 9.17) is 4.74 Å². The summed E-state index contributed by atoms with van der Waals surface area (Å²) in [5, 5.41) is 2.73. The second-order valence-electron chi connectivity index (χ2n) is 3.36. The van der Waals surface area contributed by atoms with Crippen LogP contribution in [0.1, 0.15) is 6.92 Å². The molecule has 1 aliphatic rings. The molecule has 0 fully saturated rings. The fourth-order valence-electron chi connectivity index (χ4n) is 1.48. The summed E-state index contributed by atoms with van der Waals surface area (Å²) in [6, 6.07) is -0.239. The Labute approximate surface area is 87.3 Å². The number of hydrogen-bond donors (Lipinski definition) is 1. The van der Waals surface area contributed by atoms with Gasteiger partial charge in [0.05, 0.1) is 7.11 Å². The first-order valence-corrected chi connectivity index (χ1v) is 4.58. The second-order valence-corrected chi connectivity index (χ2v) is 3.36.